The zero-order valence-electron chi connectivity index (χ0n) is 7.10. The van der Waals surface area contributed by atoms with E-state index in [4.69, 9.17) is 52.6 Å². The Hall–Kier alpha value is 1.14. The maximum absolute atomic E-state index is 8.52. The molecule has 1 radical (unpaired) electrons. The molecule has 0 aromatic carbocycles. The number of hydrogen-bond acceptors (Lipinski definition) is 12. The van der Waals surface area contributed by atoms with Gasteiger partial charge < -0.3 is 27.3 Å². The molecule has 0 heterocycles. The summed E-state index contributed by atoms with van der Waals surface area (Å²) in [6, 6.07) is 0. The molecule has 0 aliphatic heterocycles. The van der Waals surface area contributed by atoms with E-state index in [1.54, 1.807) is 0 Å². The fourth-order valence-corrected chi connectivity index (χ4v) is 0. The van der Waals surface area contributed by atoms with E-state index in [2.05, 4.69) is 0 Å². The first-order valence-corrected chi connectivity index (χ1v) is 6.00. The van der Waals surface area contributed by atoms with Crippen LogP contribution in [0, 0.1) is 0 Å². The van der Waals surface area contributed by atoms with Crippen molar-refractivity contribution in [3.8, 4) is 0 Å². The monoisotopic (exact) mass is 465 g/mol. The first-order valence-electron chi connectivity index (χ1n) is 2.00. The van der Waals surface area contributed by atoms with Crippen molar-refractivity contribution < 1.29 is 103 Å². The molecule has 12 nitrogen and oxygen atoms in total. The molecule has 0 aromatic heterocycles. The molecule has 0 rings (SSSR count). The first kappa shape index (κ1) is 36.5. The van der Waals surface area contributed by atoms with Gasteiger partial charge in [0, 0.05) is 31.2 Å². The molecular formula is CuFeNiO12S3. The molecule has 0 aliphatic rings. The quantitative estimate of drug-likeness (QED) is 0.188. The van der Waals surface area contributed by atoms with Crippen LogP contribution >= 0.6 is 0 Å². The van der Waals surface area contributed by atoms with Gasteiger partial charge in [-0.2, -0.15) is 0 Å². The van der Waals surface area contributed by atoms with Crippen LogP contribution in [0.15, 0.2) is 0 Å². The summed E-state index contributed by atoms with van der Waals surface area (Å²) in [4.78, 5) is 0. The van der Waals surface area contributed by atoms with E-state index in [0.717, 1.165) is 0 Å². The maximum atomic E-state index is 8.52. The Balaban J connectivity index is -0.0000000277. The molecule has 18 heavy (non-hydrogen) atoms. The van der Waals surface area contributed by atoms with E-state index in [1.807, 2.05) is 0 Å². The summed E-state index contributed by atoms with van der Waals surface area (Å²) in [5.41, 5.74) is 0. The number of hydrogen-bond donors (Lipinski definition) is 0. The van der Waals surface area contributed by atoms with Crippen LogP contribution in [0.2, 0.25) is 0 Å². The van der Waals surface area contributed by atoms with Crippen LogP contribution in [0.4, 0.5) is 0 Å². The molecule has 0 atom stereocenters. The van der Waals surface area contributed by atoms with Gasteiger partial charge in [0.1, 0.15) is 0 Å². The second-order valence-corrected chi connectivity index (χ2v) is 3.67. The van der Waals surface area contributed by atoms with Crippen molar-refractivity contribution in [3.05, 3.63) is 0 Å². The van der Waals surface area contributed by atoms with Gasteiger partial charge in [0.15, 0.2) is 0 Å². The predicted octanol–water partition coefficient (Wildman–Crippen LogP) is -4.02. The van der Waals surface area contributed by atoms with Crippen LogP contribution in [0.3, 0.4) is 0 Å². The van der Waals surface area contributed by atoms with Gasteiger partial charge in [-0.15, -0.1) is 0 Å². The van der Waals surface area contributed by atoms with Gasteiger partial charge >= 0.3 is 50.6 Å². The van der Waals surface area contributed by atoms with Crippen molar-refractivity contribution in [2.24, 2.45) is 0 Å². The maximum Gasteiger partial charge on any atom is 2.00 e. The minimum atomic E-state index is -5.17. The third-order valence-corrected chi connectivity index (χ3v) is 0. The molecule has 0 aromatic rings. The molecule has 0 saturated carbocycles. The standard InChI is InChI=1S/Cu.Fe.Ni.3H2O4S/c;;;3*1-5(2,3)4/h;;;3*(H2,1,2,3,4)/q3*+2;;;/p-6. The summed E-state index contributed by atoms with van der Waals surface area (Å²) in [5, 5.41) is 0. The van der Waals surface area contributed by atoms with E-state index < -0.39 is 31.2 Å². The molecule has 0 amide bonds. The van der Waals surface area contributed by atoms with E-state index in [9.17, 15) is 0 Å². The second-order valence-electron chi connectivity index (χ2n) is 1.22. The molecule has 119 valence electrons. The van der Waals surface area contributed by atoms with Gasteiger partial charge in [0.25, 0.3) is 0 Å². The SMILES string of the molecule is O=S(=O)([O-])[O-].O=S(=O)([O-])[O-].O=S(=O)([O-])[O-].[Cu+2].[Fe+2].[Ni+2]. The summed E-state index contributed by atoms with van der Waals surface area (Å²) in [6.45, 7) is 0. The Labute approximate surface area is 134 Å². The summed E-state index contributed by atoms with van der Waals surface area (Å²) in [7, 11) is -15.5. The van der Waals surface area contributed by atoms with Gasteiger partial charge in [-0.1, -0.05) is 0 Å². The molecule has 0 saturated heterocycles. The molecule has 0 aliphatic carbocycles. The van der Waals surface area contributed by atoms with Crippen molar-refractivity contribution in [2.75, 3.05) is 0 Å². The van der Waals surface area contributed by atoms with Crippen LogP contribution in [0.5, 0.6) is 0 Å². The van der Waals surface area contributed by atoms with E-state index in [-0.39, 0.29) is 50.6 Å². The molecule has 0 bridgehead atoms. The third kappa shape index (κ3) is 3420. The third-order valence-electron chi connectivity index (χ3n) is 0. The van der Waals surface area contributed by atoms with Crippen LogP contribution in [0.25, 0.3) is 0 Å². The van der Waals surface area contributed by atoms with Crippen LogP contribution in [0.1, 0.15) is 0 Å². The topological polar surface area (TPSA) is 241 Å². The minimum absolute atomic E-state index is 0. The van der Waals surface area contributed by atoms with E-state index >= 15 is 0 Å². The van der Waals surface area contributed by atoms with Crippen LogP contribution < -0.4 is 0 Å². The predicted molar refractivity (Wildman–Crippen MR) is 31.4 cm³/mol. The fourth-order valence-electron chi connectivity index (χ4n) is 0. The van der Waals surface area contributed by atoms with Crippen molar-refractivity contribution in [1.82, 2.24) is 0 Å². The summed E-state index contributed by atoms with van der Waals surface area (Å²) < 4.78 is 102. The summed E-state index contributed by atoms with van der Waals surface area (Å²) in [5.74, 6) is 0. The van der Waals surface area contributed by atoms with Crippen LogP contribution in [-0.4, -0.2) is 52.6 Å². The molecule has 0 spiro atoms. The average molecular weight is 466 g/mol. The molecule has 0 fully saturated rings. The van der Waals surface area contributed by atoms with Crippen molar-refractivity contribution in [2.45, 2.75) is 0 Å². The van der Waals surface area contributed by atoms with Crippen molar-refractivity contribution in [1.29, 1.82) is 0 Å². The Morgan fingerprint density at radius 3 is 0.500 bits per heavy atom. The van der Waals surface area contributed by atoms with Crippen LogP contribution in [-0.2, 0) is 81.8 Å². The summed E-state index contributed by atoms with van der Waals surface area (Å²) in [6.07, 6.45) is 0. The van der Waals surface area contributed by atoms with Gasteiger partial charge in [0.05, 0.1) is 0 Å². The van der Waals surface area contributed by atoms with E-state index in [1.165, 1.54) is 0 Å². The van der Waals surface area contributed by atoms with Gasteiger partial charge in [0.2, 0.25) is 0 Å². The fraction of sp³-hybridized carbons (Fsp3) is 0. The molecule has 18 heteroatoms. The normalized spacial score (nSPS) is 9.67. The van der Waals surface area contributed by atoms with Crippen molar-refractivity contribution >= 4 is 31.2 Å². The Morgan fingerprint density at radius 2 is 0.500 bits per heavy atom. The largest absolute Gasteiger partial charge is 2.00 e. The zero-order valence-corrected chi connectivity index (χ0v) is 12.6. The first-order chi connectivity index (χ1) is 6.00. The van der Waals surface area contributed by atoms with E-state index in [0.29, 0.717) is 0 Å². The van der Waals surface area contributed by atoms with Gasteiger partial charge in [-0.25, -0.2) is 0 Å². The Kier molecular flexibility index (Phi) is 29.5. The summed E-state index contributed by atoms with van der Waals surface area (Å²) >= 11 is 0. The van der Waals surface area contributed by atoms with Gasteiger partial charge in [-0.3, -0.25) is 25.3 Å². The average Bonchev–Trinajstić information content (AvgIpc) is 1.41. The molecule has 0 unspecified atom stereocenters. The van der Waals surface area contributed by atoms with Crippen molar-refractivity contribution in [3.63, 3.8) is 0 Å². The Morgan fingerprint density at radius 1 is 0.500 bits per heavy atom. The number of rotatable bonds is 0. The molecule has 0 N–H and O–H groups in total. The Bertz CT molecular complexity index is 348. The zero-order chi connectivity index (χ0) is 13.5. The second kappa shape index (κ2) is 14.5. The minimum Gasteiger partial charge on any atom is -0.759 e. The van der Waals surface area contributed by atoms with Gasteiger partial charge in [-0.05, 0) is 0 Å². The smallest absolute Gasteiger partial charge is 0.759 e. The molecular weight excluding hydrogens is 466 g/mol.